The highest BCUT2D eigenvalue weighted by molar-refractivity contribution is 9.10. The fourth-order valence-electron chi connectivity index (χ4n) is 2.01. The summed E-state index contributed by atoms with van der Waals surface area (Å²) in [6, 6.07) is 5.37. The molecular weight excluding hydrogens is 284 g/mol. The summed E-state index contributed by atoms with van der Waals surface area (Å²) in [5.74, 6) is -0.919. The zero-order valence-electron chi connectivity index (χ0n) is 9.45. The van der Waals surface area contributed by atoms with E-state index in [0.717, 1.165) is 25.9 Å². The number of carbonyl (C=O) groups is 1. The molecule has 1 saturated heterocycles. The van der Waals surface area contributed by atoms with Gasteiger partial charge in [0.05, 0.1) is 11.3 Å². The molecule has 0 aromatic heterocycles. The first-order valence-electron chi connectivity index (χ1n) is 5.72. The Morgan fingerprint density at radius 3 is 2.65 bits per heavy atom. The van der Waals surface area contributed by atoms with Crippen molar-refractivity contribution >= 4 is 27.6 Å². The number of carboxylic acids is 1. The normalized spacial score (nSPS) is 16.8. The second-order valence-electron chi connectivity index (χ2n) is 4.13. The van der Waals surface area contributed by atoms with Crippen molar-refractivity contribution in [2.45, 2.75) is 19.3 Å². The van der Waals surface area contributed by atoms with Crippen molar-refractivity contribution in [1.29, 1.82) is 0 Å². The highest BCUT2D eigenvalue weighted by atomic mass is 79.9. The van der Waals surface area contributed by atoms with Crippen LogP contribution < -0.4 is 5.43 Å². The molecule has 1 aromatic carbocycles. The molecule has 0 saturated carbocycles. The second-order valence-corrected chi connectivity index (χ2v) is 4.98. The summed E-state index contributed by atoms with van der Waals surface area (Å²) >= 11 is 3.27. The summed E-state index contributed by atoms with van der Waals surface area (Å²) < 4.78 is 0.604. The van der Waals surface area contributed by atoms with E-state index in [4.69, 9.17) is 0 Å². The van der Waals surface area contributed by atoms with E-state index in [1.165, 1.54) is 6.42 Å². The van der Waals surface area contributed by atoms with Gasteiger partial charge in [-0.05, 0) is 40.9 Å². The summed E-state index contributed by atoms with van der Waals surface area (Å²) in [7, 11) is 0. The van der Waals surface area contributed by atoms with E-state index >= 15 is 0 Å². The minimum Gasteiger partial charge on any atom is -0.478 e. The standard InChI is InChI=1S/C12H15BrN2O2/c13-9-5-4-6-10(11(9)12(16)17)14-15-7-2-1-3-8-15/h4-6,14H,1-3,7-8H2,(H,16,17). The first kappa shape index (κ1) is 12.4. The number of anilines is 1. The molecule has 92 valence electrons. The summed E-state index contributed by atoms with van der Waals surface area (Å²) in [4.78, 5) is 11.2. The molecule has 17 heavy (non-hydrogen) atoms. The number of nitrogens with zero attached hydrogens (tertiary/aromatic N) is 1. The minimum atomic E-state index is -0.919. The molecule has 1 heterocycles. The van der Waals surface area contributed by atoms with Crippen LogP contribution in [0.25, 0.3) is 0 Å². The Kier molecular flexibility index (Phi) is 4.02. The van der Waals surface area contributed by atoms with E-state index in [2.05, 4.69) is 26.4 Å². The molecule has 2 rings (SSSR count). The predicted molar refractivity (Wildman–Crippen MR) is 70.1 cm³/mol. The van der Waals surface area contributed by atoms with E-state index in [1.54, 1.807) is 12.1 Å². The van der Waals surface area contributed by atoms with Gasteiger partial charge in [0.25, 0.3) is 0 Å². The third-order valence-corrected chi connectivity index (χ3v) is 3.52. The average molecular weight is 299 g/mol. The molecule has 4 nitrogen and oxygen atoms in total. The van der Waals surface area contributed by atoms with Crippen molar-refractivity contribution in [1.82, 2.24) is 5.01 Å². The average Bonchev–Trinajstić information content (AvgIpc) is 2.30. The Labute approximate surface area is 109 Å². The molecule has 1 aliphatic rings. The molecule has 5 heteroatoms. The van der Waals surface area contributed by atoms with E-state index in [-0.39, 0.29) is 5.56 Å². The van der Waals surface area contributed by atoms with Gasteiger partial charge in [-0.25, -0.2) is 9.80 Å². The third kappa shape index (κ3) is 2.98. The van der Waals surface area contributed by atoms with Gasteiger partial charge in [0.1, 0.15) is 0 Å². The molecule has 0 amide bonds. The summed E-state index contributed by atoms with van der Waals surface area (Å²) in [5, 5.41) is 11.3. The zero-order chi connectivity index (χ0) is 12.3. The van der Waals surface area contributed by atoms with Crippen LogP contribution in [0.4, 0.5) is 5.69 Å². The number of hydrogen-bond donors (Lipinski definition) is 2. The van der Waals surface area contributed by atoms with E-state index in [0.29, 0.717) is 10.2 Å². The van der Waals surface area contributed by atoms with Crippen molar-refractivity contribution < 1.29 is 9.90 Å². The van der Waals surface area contributed by atoms with Crippen molar-refractivity contribution in [2.75, 3.05) is 18.5 Å². The van der Waals surface area contributed by atoms with Gasteiger partial charge in [-0.3, -0.25) is 0 Å². The smallest absolute Gasteiger partial charge is 0.339 e. The molecule has 1 fully saturated rings. The SMILES string of the molecule is O=C(O)c1c(Br)cccc1NN1CCCCC1. The second kappa shape index (κ2) is 5.51. The van der Waals surface area contributed by atoms with Crippen LogP contribution in [0.5, 0.6) is 0 Å². The highest BCUT2D eigenvalue weighted by Crippen LogP contribution is 2.25. The fraction of sp³-hybridized carbons (Fsp3) is 0.417. The van der Waals surface area contributed by atoms with Gasteiger partial charge in [-0.1, -0.05) is 12.5 Å². The molecule has 0 unspecified atom stereocenters. The number of rotatable bonds is 3. The molecule has 0 bridgehead atoms. The summed E-state index contributed by atoms with van der Waals surface area (Å²) in [6.45, 7) is 1.93. The Hall–Kier alpha value is -1.07. The third-order valence-electron chi connectivity index (χ3n) is 2.86. The maximum Gasteiger partial charge on any atom is 0.339 e. The quantitative estimate of drug-likeness (QED) is 0.901. The van der Waals surface area contributed by atoms with Gasteiger partial charge < -0.3 is 10.5 Å². The predicted octanol–water partition coefficient (Wildman–Crippen LogP) is 2.96. The number of benzene rings is 1. The lowest BCUT2D eigenvalue weighted by atomic mass is 10.1. The van der Waals surface area contributed by atoms with Crippen LogP contribution in [-0.2, 0) is 0 Å². The maximum absolute atomic E-state index is 11.2. The zero-order valence-corrected chi connectivity index (χ0v) is 11.0. The van der Waals surface area contributed by atoms with Gasteiger partial charge in [0.2, 0.25) is 0 Å². The topological polar surface area (TPSA) is 52.6 Å². The van der Waals surface area contributed by atoms with E-state index in [1.807, 2.05) is 6.07 Å². The van der Waals surface area contributed by atoms with Crippen LogP contribution in [-0.4, -0.2) is 29.2 Å². The molecule has 1 aliphatic heterocycles. The number of carboxylic acid groups (broad SMARTS) is 1. The Bertz CT molecular complexity index is 417. The van der Waals surface area contributed by atoms with Crippen molar-refractivity contribution in [2.24, 2.45) is 0 Å². The maximum atomic E-state index is 11.2. The molecule has 0 atom stereocenters. The number of halogens is 1. The van der Waals surface area contributed by atoms with E-state index in [9.17, 15) is 9.90 Å². The summed E-state index contributed by atoms with van der Waals surface area (Å²) in [6.07, 6.45) is 3.56. The molecule has 0 radical (unpaired) electrons. The summed E-state index contributed by atoms with van der Waals surface area (Å²) in [5.41, 5.74) is 4.13. The number of hydrazine groups is 1. The Morgan fingerprint density at radius 1 is 1.29 bits per heavy atom. The van der Waals surface area contributed by atoms with E-state index < -0.39 is 5.97 Å². The fourth-order valence-corrected chi connectivity index (χ4v) is 2.55. The molecule has 2 N–H and O–H groups in total. The number of nitrogens with one attached hydrogen (secondary N) is 1. The van der Waals surface area contributed by atoms with Gasteiger partial charge in [-0.15, -0.1) is 0 Å². The first-order valence-corrected chi connectivity index (χ1v) is 6.51. The van der Waals surface area contributed by atoms with Crippen molar-refractivity contribution in [3.63, 3.8) is 0 Å². The van der Waals surface area contributed by atoms with Crippen LogP contribution in [0.3, 0.4) is 0 Å². The van der Waals surface area contributed by atoms with Crippen LogP contribution in [0.15, 0.2) is 22.7 Å². The van der Waals surface area contributed by atoms with Crippen LogP contribution in [0.1, 0.15) is 29.6 Å². The Morgan fingerprint density at radius 2 is 2.00 bits per heavy atom. The van der Waals surface area contributed by atoms with Gasteiger partial charge in [0, 0.05) is 17.6 Å². The van der Waals surface area contributed by atoms with Crippen LogP contribution >= 0.6 is 15.9 Å². The molecule has 0 spiro atoms. The number of piperidine rings is 1. The lowest BCUT2D eigenvalue weighted by molar-refractivity contribution is 0.0696. The lowest BCUT2D eigenvalue weighted by Crippen LogP contribution is -2.35. The van der Waals surface area contributed by atoms with Gasteiger partial charge >= 0.3 is 5.97 Å². The minimum absolute atomic E-state index is 0.290. The van der Waals surface area contributed by atoms with Crippen molar-refractivity contribution in [3.05, 3.63) is 28.2 Å². The number of hydrogen-bond acceptors (Lipinski definition) is 3. The largest absolute Gasteiger partial charge is 0.478 e. The number of aromatic carboxylic acids is 1. The Balaban J connectivity index is 2.19. The molecular formula is C12H15BrN2O2. The van der Waals surface area contributed by atoms with Gasteiger partial charge in [0.15, 0.2) is 0 Å². The van der Waals surface area contributed by atoms with Crippen LogP contribution in [0, 0.1) is 0 Å². The highest BCUT2D eigenvalue weighted by Gasteiger charge is 2.17. The van der Waals surface area contributed by atoms with Crippen molar-refractivity contribution in [3.8, 4) is 0 Å². The lowest BCUT2D eigenvalue weighted by Gasteiger charge is -2.28. The first-order chi connectivity index (χ1) is 8.18. The van der Waals surface area contributed by atoms with Gasteiger partial charge in [-0.2, -0.15) is 0 Å². The van der Waals surface area contributed by atoms with Crippen LogP contribution in [0.2, 0.25) is 0 Å². The monoisotopic (exact) mass is 298 g/mol. The molecule has 0 aliphatic carbocycles. The molecule has 1 aromatic rings.